The average Bonchev–Trinajstić information content (AvgIpc) is 2.74. The topological polar surface area (TPSA) is 39.1 Å². The molecular formula is C13H17N3O. The van der Waals surface area contributed by atoms with Crippen LogP contribution in [0.15, 0.2) is 36.7 Å². The van der Waals surface area contributed by atoms with Crippen molar-refractivity contribution in [2.75, 3.05) is 11.9 Å². The Morgan fingerprint density at radius 3 is 3.00 bits per heavy atom. The molecule has 0 aliphatic heterocycles. The molecule has 0 unspecified atom stereocenters. The lowest BCUT2D eigenvalue weighted by molar-refractivity contribution is 0.340. The zero-order valence-corrected chi connectivity index (χ0v) is 10.2. The summed E-state index contributed by atoms with van der Waals surface area (Å²) in [6.07, 6.45) is 3.86. The molecule has 2 aromatic rings. The molecule has 0 aliphatic carbocycles. The number of ether oxygens (including phenoxy) is 1. The van der Waals surface area contributed by atoms with Crippen LogP contribution in [0, 0.1) is 0 Å². The first-order chi connectivity index (χ1) is 8.28. The Morgan fingerprint density at radius 1 is 1.41 bits per heavy atom. The zero-order chi connectivity index (χ0) is 12.1. The van der Waals surface area contributed by atoms with Crippen molar-refractivity contribution < 1.29 is 4.74 Å². The van der Waals surface area contributed by atoms with E-state index in [-0.39, 0.29) is 0 Å². The van der Waals surface area contributed by atoms with E-state index in [9.17, 15) is 0 Å². The fourth-order valence-corrected chi connectivity index (χ4v) is 1.63. The molecule has 0 bridgehead atoms. The van der Waals surface area contributed by atoms with Gasteiger partial charge in [-0.05, 0) is 19.1 Å². The molecule has 4 nitrogen and oxygen atoms in total. The molecule has 0 atom stereocenters. The summed E-state index contributed by atoms with van der Waals surface area (Å²) < 4.78 is 7.25. The molecule has 0 radical (unpaired) electrons. The zero-order valence-electron chi connectivity index (χ0n) is 10.2. The van der Waals surface area contributed by atoms with Gasteiger partial charge in [-0.25, -0.2) is 0 Å². The molecule has 1 heterocycles. The maximum atomic E-state index is 5.45. The predicted molar refractivity (Wildman–Crippen MR) is 68.1 cm³/mol. The third-order valence-electron chi connectivity index (χ3n) is 2.40. The second-order valence-corrected chi connectivity index (χ2v) is 3.84. The summed E-state index contributed by atoms with van der Waals surface area (Å²) in [5.74, 6) is 0.892. The van der Waals surface area contributed by atoms with Crippen molar-refractivity contribution in [3.05, 3.63) is 42.2 Å². The summed E-state index contributed by atoms with van der Waals surface area (Å²) in [5, 5.41) is 7.47. The second kappa shape index (κ2) is 5.39. The number of nitrogens with zero attached hydrogens (tertiary/aromatic N) is 2. The normalized spacial score (nSPS) is 10.2. The summed E-state index contributed by atoms with van der Waals surface area (Å²) in [6.45, 7) is 3.44. The van der Waals surface area contributed by atoms with Gasteiger partial charge in [0.1, 0.15) is 5.75 Å². The van der Waals surface area contributed by atoms with Gasteiger partial charge in [0.15, 0.2) is 0 Å². The Labute approximate surface area is 101 Å². The fourth-order valence-electron chi connectivity index (χ4n) is 1.63. The van der Waals surface area contributed by atoms with Crippen molar-refractivity contribution in [3.8, 4) is 5.75 Å². The van der Waals surface area contributed by atoms with Crippen LogP contribution in [0.4, 0.5) is 5.69 Å². The highest BCUT2D eigenvalue weighted by atomic mass is 16.5. The Bertz CT molecular complexity index is 479. The van der Waals surface area contributed by atoms with Crippen molar-refractivity contribution in [1.29, 1.82) is 0 Å². The van der Waals surface area contributed by atoms with Gasteiger partial charge in [-0.1, -0.05) is 6.07 Å². The minimum atomic E-state index is 0.687. The van der Waals surface area contributed by atoms with Crippen LogP contribution in [0.2, 0.25) is 0 Å². The smallest absolute Gasteiger partial charge is 0.121 e. The van der Waals surface area contributed by atoms with Gasteiger partial charge in [0.05, 0.1) is 12.8 Å². The van der Waals surface area contributed by atoms with Crippen LogP contribution in [-0.4, -0.2) is 16.4 Å². The summed E-state index contributed by atoms with van der Waals surface area (Å²) in [7, 11) is 1.92. The summed E-state index contributed by atoms with van der Waals surface area (Å²) >= 11 is 0. The first-order valence-electron chi connectivity index (χ1n) is 5.72. The first-order valence-corrected chi connectivity index (χ1v) is 5.72. The van der Waals surface area contributed by atoms with Gasteiger partial charge in [-0.3, -0.25) is 4.68 Å². The highest BCUT2D eigenvalue weighted by molar-refractivity contribution is 5.48. The first kappa shape index (κ1) is 11.5. The Balaban J connectivity index is 1.96. The Morgan fingerprint density at radius 2 is 2.29 bits per heavy atom. The van der Waals surface area contributed by atoms with Crippen molar-refractivity contribution in [2.45, 2.75) is 13.5 Å². The molecule has 0 saturated carbocycles. The third-order valence-corrected chi connectivity index (χ3v) is 2.40. The summed E-state index contributed by atoms with van der Waals surface area (Å²) in [5.41, 5.74) is 2.22. The molecule has 0 fully saturated rings. The summed E-state index contributed by atoms with van der Waals surface area (Å²) in [6, 6.07) is 7.97. The molecule has 17 heavy (non-hydrogen) atoms. The van der Waals surface area contributed by atoms with Crippen molar-refractivity contribution in [1.82, 2.24) is 9.78 Å². The molecule has 0 aliphatic rings. The Hall–Kier alpha value is -1.97. The number of hydrogen-bond acceptors (Lipinski definition) is 3. The third kappa shape index (κ3) is 3.24. The van der Waals surface area contributed by atoms with E-state index in [4.69, 9.17) is 4.74 Å². The molecule has 0 amide bonds. The lowest BCUT2D eigenvalue weighted by atomic mass is 10.3. The molecule has 4 heteroatoms. The molecule has 2 rings (SSSR count). The predicted octanol–water partition coefficient (Wildman–Crippen LogP) is 2.43. The molecule has 0 spiro atoms. The minimum absolute atomic E-state index is 0.687. The van der Waals surface area contributed by atoms with Crippen molar-refractivity contribution in [3.63, 3.8) is 0 Å². The molecular weight excluding hydrogens is 214 g/mol. The van der Waals surface area contributed by atoms with Crippen LogP contribution in [0.25, 0.3) is 0 Å². The number of rotatable bonds is 5. The van der Waals surface area contributed by atoms with Gasteiger partial charge in [-0.15, -0.1) is 0 Å². The number of benzene rings is 1. The van der Waals surface area contributed by atoms with E-state index in [0.717, 1.165) is 23.5 Å². The highest BCUT2D eigenvalue weighted by Gasteiger charge is 1.98. The van der Waals surface area contributed by atoms with Crippen LogP contribution in [0.3, 0.4) is 0 Å². The molecule has 1 aromatic carbocycles. The van der Waals surface area contributed by atoms with Crippen LogP contribution in [-0.2, 0) is 13.6 Å². The SMILES string of the molecule is CCOc1cccc(NCc2cnn(C)c2)c1. The average molecular weight is 231 g/mol. The van der Waals surface area contributed by atoms with E-state index >= 15 is 0 Å². The highest BCUT2D eigenvalue weighted by Crippen LogP contribution is 2.17. The van der Waals surface area contributed by atoms with Crippen molar-refractivity contribution in [2.24, 2.45) is 7.05 Å². The second-order valence-electron chi connectivity index (χ2n) is 3.84. The lowest BCUT2D eigenvalue weighted by Crippen LogP contribution is -1.99. The van der Waals surface area contributed by atoms with Crippen molar-refractivity contribution >= 4 is 5.69 Å². The monoisotopic (exact) mass is 231 g/mol. The number of nitrogens with one attached hydrogen (secondary N) is 1. The largest absolute Gasteiger partial charge is 0.494 e. The van der Waals surface area contributed by atoms with E-state index in [1.54, 1.807) is 4.68 Å². The van der Waals surface area contributed by atoms with E-state index in [2.05, 4.69) is 10.4 Å². The molecule has 1 aromatic heterocycles. The molecule has 90 valence electrons. The van der Waals surface area contributed by atoms with Crippen LogP contribution < -0.4 is 10.1 Å². The fraction of sp³-hybridized carbons (Fsp3) is 0.308. The van der Waals surface area contributed by atoms with E-state index < -0.39 is 0 Å². The van der Waals surface area contributed by atoms with Crippen LogP contribution in [0.5, 0.6) is 5.75 Å². The van der Waals surface area contributed by atoms with Crippen LogP contribution >= 0.6 is 0 Å². The standard InChI is InChI=1S/C13H17N3O/c1-3-17-13-6-4-5-12(7-13)14-8-11-9-15-16(2)10-11/h4-7,9-10,14H,3,8H2,1-2H3. The number of anilines is 1. The maximum Gasteiger partial charge on any atom is 0.121 e. The lowest BCUT2D eigenvalue weighted by Gasteiger charge is -2.07. The van der Waals surface area contributed by atoms with Gasteiger partial charge < -0.3 is 10.1 Å². The van der Waals surface area contributed by atoms with E-state index in [1.807, 2.05) is 50.6 Å². The van der Waals surface area contributed by atoms with Gasteiger partial charge in [-0.2, -0.15) is 5.10 Å². The van der Waals surface area contributed by atoms with Gasteiger partial charge in [0, 0.05) is 37.1 Å². The van der Waals surface area contributed by atoms with Gasteiger partial charge in [0.25, 0.3) is 0 Å². The van der Waals surface area contributed by atoms with Crippen LogP contribution in [0.1, 0.15) is 12.5 Å². The maximum absolute atomic E-state index is 5.45. The number of aryl methyl sites for hydroxylation is 1. The minimum Gasteiger partial charge on any atom is -0.494 e. The van der Waals surface area contributed by atoms with E-state index in [0.29, 0.717) is 6.61 Å². The number of hydrogen-bond donors (Lipinski definition) is 1. The Kier molecular flexibility index (Phi) is 3.65. The van der Waals surface area contributed by atoms with Gasteiger partial charge in [0.2, 0.25) is 0 Å². The number of aromatic nitrogens is 2. The quantitative estimate of drug-likeness (QED) is 0.859. The van der Waals surface area contributed by atoms with E-state index in [1.165, 1.54) is 0 Å². The molecule has 0 saturated heterocycles. The summed E-state index contributed by atoms with van der Waals surface area (Å²) in [4.78, 5) is 0. The molecule has 1 N–H and O–H groups in total. The van der Waals surface area contributed by atoms with Gasteiger partial charge >= 0.3 is 0 Å².